The van der Waals surface area contributed by atoms with Gasteiger partial charge in [0, 0.05) is 31.9 Å². The van der Waals surface area contributed by atoms with Crippen molar-refractivity contribution in [3.8, 4) is 5.75 Å². The standard InChI is InChI=1S/C19H23ClN4O2/c1-21-19(25)14-6-9-22-18(12-14)23-13-24-10-7-15(8-11-24)26-17-5-3-2-4-16(17)20/h2-6,9,12,15H,7-8,10-11,13H2,1H3,(H,21,25)(H,22,23). The van der Waals surface area contributed by atoms with E-state index in [1.54, 1.807) is 25.4 Å². The maximum Gasteiger partial charge on any atom is 0.251 e. The first-order chi connectivity index (χ1) is 12.7. The van der Waals surface area contributed by atoms with Crippen LogP contribution in [0.1, 0.15) is 23.2 Å². The van der Waals surface area contributed by atoms with Crippen molar-refractivity contribution in [2.24, 2.45) is 0 Å². The molecule has 1 aromatic heterocycles. The monoisotopic (exact) mass is 374 g/mol. The van der Waals surface area contributed by atoms with Crippen LogP contribution in [0.5, 0.6) is 5.75 Å². The van der Waals surface area contributed by atoms with Crippen LogP contribution < -0.4 is 15.4 Å². The van der Waals surface area contributed by atoms with Gasteiger partial charge >= 0.3 is 0 Å². The van der Waals surface area contributed by atoms with Crippen LogP contribution in [-0.4, -0.2) is 48.7 Å². The van der Waals surface area contributed by atoms with Gasteiger partial charge in [-0.05, 0) is 37.1 Å². The van der Waals surface area contributed by atoms with Crippen LogP contribution in [0.25, 0.3) is 0 Å². The maximum absolute atomic E-state index is 11.7. The number of amides is 1. The molecule has 0 saturated carbocycles. The van der Waals surface area contributed by atoms with E-state index < -0.39 is 0 Å². The molecule has 1 aliphatic heterocycles. The zero-order valence-electron chi connectivity index (χ0n) is 14.7. The number of para-hydroxylation sites is 1. The highest BCUT2D eigenvalue weighted by Crippen LogP contribution is 2.26. The van der Waals surface area contributed by atoms with Gasteiger partial charge < -0.3 is 15.4 Å². The molecule has 1 aliphatic rings. The van der Waals surface area contributed by atoms with Crippen LogP contribution >= 0.6 is 11.6 Å². The summed E-state index contributed by atoms with van der Waals surface area (Å²) in [6, 6.07) is 11.0. The van der Waals surface area contributed by atoms with Gasteiger partial charge in [0.05, 0.1) is 11.7 Å². The van der Waals surface area contributed by atoms with Crippen LogP contribution in [-0.2, 0) is 0 Å². The highest BCUT2D eigenvalue weighted by molar-refractivity contribution is 6.32. The minimum atomic E-state index is -0.118. The van der Waals surface area contributed by atoms with Gasteiger partial charge in [0.1, 0.15) is 17.7 Å². The van der Waals surface area contributed by atoms with E-state index in [0.29, 0.717) is 23.1 Å². The Hall–Kier alpha value is -2.31. The number of nitrogens with zero attached hydrogens (tertiary/aromatic N) is 2. The zero-order chi connectivity index (χ0) is 18.4. The van der Waals surface area contributed by atoms with Crippen LogP contribution in [0.2, 0.25) is 5.02 Å². The molecule has 0 aliphatic carbocycles. The molecule has 0 unspecified atom stereocenters. The number of halogens is 1. The molecule has 1 fully saturated rings. The molecule has 3 rings (SSSR count). The fraction of sp³-hybridized carbons (Fsp3) is 0.368. The summed E-state index contributed by atoms with van der Waals surface area (Å²) in [7, 11) is 1.62. The largest absolute Gasteiger partial charge is 0.489 e. The minimum absolute atomic E-state index is 0.118. The van der Waals surface area contributed by atoms with Crippen LogP contribution in [0.15, 0.2) is 42.6 Å². The molecule has 1 saturated heterocycles. The fourth-order valence-electron chi connectivity index (χ4n) is 2.91. The second-order valence-corrected chi connectivity index (χ2v) is 6.62. The molecule has 0 bridgehead atoms. The van der Waals surface area contributed by atoms with Gasteiger partial charge in [0.2, 0.25) is 0 Å². The summed E-state index contributed by atoms with van der Waals surface area (Å²) in [6.07, 6.45) is 3.70. The second kappa shape index (κ2) is 8.87. The number of hydrogen-bond donors (Lipinski definition) is 2. The fourth-order valence-corrected chi connectivity index (χ4v) is 3.09. The lowest BCUT2D eigenvalue weighted by Crippen LogP contribution is -2.40. The molecule has 2 N–H and O–H groups in total. The zero-order valence-corrected chi connectivity index (χ0v) is 15.5. The van der Waals surface area contributed by atoms with Gasteiger partial charge in [-0.3, -0.25) is 9.69 Å². The number of hydrogen-bond acceptors (Lipinski definition) is 5. The third-order valence-corrected chi connectivity index (χ3v) is 4.71. The Balaban J connectivity index is 1.46. The molecule has 2 heterocycles. The van der Waals surface area contributed by atoms with E-state index >= 15 is 0 Å². The van der Waals surface area contributed by atoms with E-state index in [1.807, 2.05) is 24.3 Å². The number of benzene rings is 1. The summed E-state index contributed by atoms with van der Waals surface area (Å²) in [4.78, 5) is 18.3. The molecule has 1 amide bonds. The van der Waals surface area contributed by atoms with E-state index in [2.05, 4.69) is 20.5 Å². The van der Waals surface area contributed by atoms with Gasteiger partial charge in [-0.2, -0.15) is 0 Å². The number of anilines is 1. The summed E-state index contributed by atoms with van der Waals surface area (Å²) in [5.74, 6) is 1.33. The number of rotatable bonds is 6. The lowest BCUT2D eigenvalue weighted by Gasteiger charge is -2.32. The second-order valence-electron chi connectivity index (χ2n) is 6.21. The Bertz CT molecular complexity index is 748. The van der Waals surface area contributed by atoms with E-state index in [9.17, 15) is 4.79 Å². The quantitative estimate of drug-likeness (QED) is 0.813. The van der Waals surface area contributed by atoms with E-state index in [0.717, 1.165) is 31.7 Å². The summed E-state index contributed by atoms with van der Waals surface area (Å²) in [5.41, 5.74) is 0.594. The molecule has 0 spiro atoms. The number of pyridine rings is 1. The molecular formula is C19H23ClN4O2. The average Bonchev–Trinajstić information content (AvgIpc) is 2.69. The Labute approximate surface area is 158 Å². The van der Waals surface area contributed by atoms with Gasteiger partial charge in [0.25, 0.3) is 5.91 Å². The Morgan fingerprint density at radius 1 is 1.31 bits per heavy atom. The van der Waals surface area contributed by atoms with Gasteiger partial charge in [-0.1, -0.05) is 23.7 Å². The number of nitrogens with one attached hydrogen (secondary N) is 2. The topological polar surface area (TPSA) is 66.5 Å². The van der Waals surface area contributed by atoms with Gasteiger partial charge in [-0.25, -0.2) is 4.98 Å². The van der Waals surface area contributed by atoms with E-state index in [-0.39, 0.29) is 12.0 Å². The molecule has 0 radical (unpaired) electrons. The van der Waals surface area contributed by atoms with E-state index in [1.165, 1.54) is 0 Å². The molecule has 26 heavy (non-hydrogen) atoms. The van der Waals surface area contributed by atoms with Gasteiger partial charge in [-0.15, -0.1) is 0 Å². The Morgan fingerprint density at radius 3 is 2.81 bits per heavy atom. The van der Waals surface area contributed by atoms with Crippen molar-refractivity contribution in [3.63, 3.8) is 0 Å². The molecule has 7 heteroatoms. The van der Waals surface area contributed by atoms with Crippen molar-refractivity contribution < 1.29 is 9.53 Å². The highest BCUT2D eigenvalue weighted by Gasteiger charge is 2.21. The third-order valence-electron chi connectivity index (χ3n) is 4.40. The summed E-state index contributed by atoms with van der Waals surface area (Å²) >= 11 is 6.15. The SMILES string of the molecule is CNC(=O)c1ccnc(NCN2CCC(Oc3ccccc3Cl)CC2)c1. The van der Waals surface area contributed by atoms with Crippen molar-refractivity contribution in [3.05, 3.63) is 53.2 Å². The lowest BCUT2D eigenvalue weighted by molar-refractivity contribution is 0.0962. The summed E-state index contributed by atoms with van der Waals surface area (Å²) in [6.45, 7) is 2.54. The van der Waals surface area contributed by atoms with Crippen molar-refractivity contribution in [2.45, 2.75) is 18.9 Å². The average molecular weight is 375 g/mol. The number of carbonyl (C=O) groups is 1. The highest BCUT2D eigenvalue weighted by atomic mass is 35.5. The smallest absolute Gasteiger partial charge is 0.251 e. The molecule has 0 atom stereocenters. The predicted molar refractivity (Wildman–Crippen MR) is 103 cm³/mol. The van der Waals surface area contributed by atoms with Crippen LogP contribution in [0.3, 0.4) is 0 Å². The number of piperidine rings is 1. The first-order valence-electron chi connectivity index (χ1n) is 8.71. The van der Waals surface area contributed by atoms with Crippen molar-refractivity contribution in [1.82, 2.24) is 15.2 Å². The normalized spacial score (nSPS) is 15.5. The Kier molecular flexibility index (Phi) is 6.30. The molecule has 138 valence electrons. The number of ether oxygens (including phenoxy) is 1. The molecule has 6 nitrogen and oxygen atoms in total. The summed E-state index contributed by atoms with van der Waals surface area (Å²) in [5, 5.41) is 6.55. The third kappa shape index (κ3) is 4.86. The van der Waals surface area contributed by atoms with Crippen LogP contribution in [0, 0.1) is 0 Å². The van der Waals surface area contributed by atoms with E-state index in [4.69, 9.17) is 16.3 Å². The number of likely N-dealkylation sites (tertiary alicyclic amines) is 1. The Morgan fingerprint density at radius 2 is 2.08 bits per heavy atom. The summed E-state index contributed by atoms with van der Waals surface area (Å²) < 4.78 is 6.02. The first kappa shape index (κ1) is 18.5. The van der Waals surface area contributed by atoms with Crippen molar-refractivity contribution in [2.75, 3.05) is 32.1 Å². The molecular weight excluding hydrogens is 352 g/mol. The first-order valence-corrected chi connectivity index (χ1v) is 9.09. The predicted octanol–water partition coefficient (Wildman–Crippen LogP) is 3.01. The van der Waals surface area contributed by atoms with Crippen molar-refractivity contribution in [1.29, 1.82) is 0 Å². The van der Waals surface area contributed by atoms with Gasteiger partial charge in [0.15, 0.2) is 0 Å². The van der Waals surface area contributed by atoms with Crippen LogP contribution in [0.4, 0.5) is 5.82 Å². The number of aromatic nitrogens is 1. The molecule has 2 aromatic rings. The minimum Gasteiger partial charge on any atom is -0.489 e. The lowest BCUT2D eigenvalue weighted by atomic mass is 10.1. The van der Waals surface area contributed by atoms with Crippen molar-refractivity contribution >= 4 is 23.3 Å². The molecule has 1 aromatic carbocycles. The number of carbonyl (C=O) groups excluding carboxylic acids is 1. The maximum atomic E-state index is 11.7.